The van der Waals surface area contributed by atoms with Gasteiger partial charge in [-0.15, -0.1) is 0 Å². The Bertz CT molecular complexity index is 512. The molecular formula is C12H8ClNO2. The van der Waals surface area contributed by atoms with Crippen molar-refractivity contribution in [1.29, 1.82) is 0 Å². The lowest BCUT2D eigenvalue weighted by Crippen LogP contribution is -1.98. The topological polar surface area (TPSA) is 49.7 Å². The van der Waals surface area contributed by atoms with E-state index in [0.29, 0.717) is 11.4 Å². The molecule has 1 aromatic carbocycles. The summed E-state index contributed by atoms with van der Waals surface area (Å²) in [5.74, 6) is -0.0294. The molecule has 0 fully saturated rings. The van der Waals surface area contributed by atoms with E-state index in [1.54, 1.807) is 24.3 Å². The Morgan fingerprint density at radius 3 is 2.44 bits per heavy atom. The molecule has 1 aromatic rings. The second-order valence-corrected chi connectivity index (χ2v) is 3.65. The van der Waals surface area contributed by atoms with Crippen LogP contribution in [0.4, 0.5) is 5.69 Å². The summed E-state index contributed by atoms with van der Waals surface area (Å²) in [6, 6.07) is 4.68. The molecule has 0 amide bonds. The number of carbonyl (C=O) groups is 1. The first-order valence-corrected chi connectivity index (χ1v) is 5.00. The fraction of sp³-hybridized carbons (Fsp3) is 0. The number of phenols is 1. The number of aromatic hydroxyl groups is 1. The van der Waals surface area contributed by atoms with Crippen LogP contribution in [0.3, 0.4) is 0 Å². The number of rotatable bonds is 1. The number of hydrogen-bond donors (Lipinski definition) is 1. The van der Waals surface area contributed by atoms with Crippen molar-refractivity contribution in [1.82, 2.24) is 0 Å². The highest BCUT2D eigenvalue weighted by molar-refractivity contribution is 6.32. The van der Waals surface area contributed by atoms with Crippen LogP contribution in [0, 0.1) is 0 Å². The van der Waals surface area contributed by atoms with Crippen LogP contribution >= 0.6 is 11.6 Å². The number of allylic oxidation sites excluding steroid dienone is 4. The summed E-state index contributed by atoms with van der Waals surface area (Å²) in [5.41, 5.74) is 1.29. The molecule has 0 radical (unpaired) electrons. The second-order valence-electron chi connectivity index (χ2n) is 3.24. The fourth-order valence-electron chi connectivity index (χ4n) is 1.24. The first kappa shape index (κ1) is 10.6. The van der Waals surface area contributed by atoms with Crippen LogP contribution in [-0.2, 0) is 4.79 Å². The zero-order chi connectivity index (χ0) is 11.5. The largest absolute Gasteiger partial charge is 0.506 e. The van der Waals surface area contributed by atoms with Crippen LogP contribution in [0.25, 0.3) is 0 Å². The number of phenolic OH excluding ortho intramolecular Hbond substituents is 1. The molecule has 0 aromatic heterocycles. The van der Waals surface area contributed by atoms with Gasteiger partial charge < -0.3 is 5.11 Å². The van der Waals surface area contributed by atoms with Crippen LogP contribution in [0.15, 0.2) is 47.5 Å². The Morgan fingerprint density at radius 2 is 1.81 bits per heavy atom. The summed E-state index contributed by atoms with van der Waals surface area (Å²) in [6.07, 6.45) is 6.15. The summed E-state index contributed by atoms with van der Waals surface area (Å²) in [6.45, 7) is 0. The molecule has 1 N–H and O–H groups in total. The van der Waals surface area contributed by atoms with Crippen molar-refractivity contribution in [3.63, 3.8) is 0 Å². The van der Waals surface area contributed by atoms with E-state index in [0.717, 1.165) is 0 Å². The number of benzene rings is 1. The van der Waals surface area contributed by atoms with Gasteiger partial charge in [0.2, 0.25) is 0 Å². The molecule has 1 aliphatic rings. The molecule has 0 atom stereocenters. The molecule has 0 heterocycles. The van der Waals surface area contributed by atoms with Gasteiger partial charge in [0.15, 0.2) is 5.78 Å². The van der Waals surface area contributed by atoms with Gasteiger partial charge in [-0.05, 0) is 42.5 Å². The van der Waals surface area contributed by atoms with Gasteiger partial charge in [-0.1, -0.05) is 11.6 Å². The van der Waals surface area contributed by atoms with Crippen molar-refractivity contribution < 1.29 is 9.90 Å². The maximum atomic E-state index is 10.9. The van der Waals surface area contributed by atoms with E-state index in [4.69, 9.17) is 11.6 Å². The maximum absolute atomic E-state index is 10.9. The average molecular weight is 234 g/mol. The van der Waals surface area contributed by atoms with Gasteiger partial charge >= 0.3 is 0 Å². The molecule has 0 saturated heterocycles. The van der Waals surface area contributed by atoms with Crippen molar-refractivity contribution in [3.8, 4) is 5.75 Å². The fourth-order valence-corrected chi connectivity index (χ4v) is 1.41. The predicted octanol–water partition coefficient (Wildman–Crippen LogP) is 2.81. The molecule has 1 aliphatic carbocycles. The smallest absolute Gasteiger partial charge is 0.178 e. The van der Waals surface area contributed by atoms with Gasteiger partial charge in [0, 0.05) is 0 Å². The minimum atomic E-state index is -0.0531. The third-order valence-electron chi connectivity index (χ3n) is 2.03. The summed E-state index contributed by atoms with van der Waals surface area (Å²) >= 11 is 5.75. The lowest BCUT2D eigenvalue weighted by molar-refractivity contribution is -0.110. The highest BCUT2D eigenvalue weighted by Crippen LogP contribution is 2.27. The minimum Gasteiger partial charge on any atom is -0.506 e. The Balaban J connectivity index is 2.30. The van der Waals surface area contributed by atoms with Crippen molar-refractivity contribution >= 4 is 28.8 Å². The van der Waals surface area contributed by atoms with E-state index in [-0.39, 0.29) is 16.6 Å². The Labute approximate surface area is 97.4 Å². The quantitative estimate of drug-likeness (QED) is 0.759. The third-order valence-corrected chi connectivity index (χ3v) is 2.33. The van der Waals surface area contributed by atoms with Crippen LogP contribution < -0.4 is 0 Å². The van der Waals surface area contributed by atoms with Gasteiger partial charge in [0.25, 0.3) is 0 Å². The molecule has 3 nitrogen and oxygen atoms in total. The third kappa shape index (κ3) is 2.38. The lowest BCUT2D eigenvalue weighted by atomic mass is 10.1. The van der Waals surface area contributed by atoms with Crippen LogP contribution in [0.1, 0.15) is 0 Å². The average Bonchev–Trinajstić information content (AvgIpc) is 2.27. The normalized spacial score (nSPS) is 14.3. The van der Waals surface area contributed by atoms with E-state index in [1.807, 2.05) is 0 Å². The van der Waals surface area contributed by atoms with Crippen LogP contribution in [0.2, 0.25) is 5.02 Å². The molecule has 0 bridgehead atoms. The summed E-state index contributed by atoms with van der Waals surface area (Å²) < 4.78 is 0. The number of halogens is 1. The van der Waals surface area contributed by atoms with Crippen LogP contribution in [-0.4, -0.2) is 16.6 Å². The first-order valence-electron chi connectivity index (χ1n) is 4.62. The number of carbonyl (C=O) groups excluding carboxylic acids is 1. The van der Waals surface area contributed by atoms with Gasteiger partial charge in [-0.25, -0.2) is 4.99 Å². The van der Waals surface area contributed by atoms with Gasteiger partial charge in [-0.2, -0.15) is 0 Å². The summed E-state index contributed by atoms with van der Waals surface area (Å²) in [5, 5.41) is 9.48. The van der Waals surface area contributed by atoms with Crippen molar-refractivity contribution in [2.45, 2.75) is 0 Å². The zero-order valence-corrected chi connectivity index (χ0v) is 8.98. The number of hydrogen-bond acceptors (Lipinski definition) is 3. The molecule has 0 aliphatic heterocycles. The monoisotopic (exact) mass is 233 g/mol. The lowest BCUT2D eigenvalue weighted by Gasteiger charge is -2.01. The van der Waals surface area contributed by atoms with Gasteiger partial charge in [-0.3, -0.25) is 4.79 Å². The SMILES string of the molecule is O=C1C=CC(=Nc2ccc(O)c(Cl)c2)C=C1. The predicted molar refractivity (Wildman–Crippen MR) is 63.5 cm³/mol. The number of ketones is 1. The molecule has 0 spiro atoms. The molecule has 0 unspecified atom stereocenters. The van der Waals surface area contributed by atoms with Crippen molar-refractivity contribution in [2.75, 3.05) is 0 Å². The molecule has 0 saturated carbocycles. The number of nitrogens with zero attached hydrogens (tertiary/aromatic N) is 1. The van der Waals surface area contributed by atoms with E-state index < -0.39 is 0 Å². The standard InChI is InChI=1S/C12H8ClNO2/c13-11-7-9(3-6-12(11)16)14-8-1-4-10(15)5-2-8/h1-7,16H. The molecular weight excluding hydrogens is 226 g/mol. The Hall–Kier alpha value is -1.87. The highest BCUT2D eigenvalue weighted by Gasteiger charge is 2.02. The van der Waals surface area contributed by atoms with Gasteiger partial charge in [0.05, 0.1) is 16.4 Å². The Kier molecular flexibility index (Phi) is 2.88. The Morgan fingerprint density at radius 1 is 1.12 bits per heavy atom. The second kappa shape index (κ2) is 4.33. The van der Waals surface area contributed by atoms with E-state index in [2.05, 4.69) is 4.99 Å². The molecule has 2 rings (SSSR count). The van der Waals surface area contributed by atoms with E-state index >= 15 is 0 Å². The minimum absolute atomic E-state index is 0.0236. The zero-order valence-electron chi connectivity index (χ0n) is 8.22. The molecule has 80 valence electrons. The number of aliphatic imine (C=N–C) groups is 1. The molecule has 4 heteroatoms. The van der Waals surface area contributed by atoms with Crippen molar-refractivity contribution in [3.05, 3.63) is 47.5 Å². The first-order chi connectivity index (χ1) is 7.65. The summed E-state index contributed by atoms with van der Waals surface area (Å²) in [7, 11) is 0. The molecule has 16 heavy (non-hydrogen) atoms. The van der Waals surface area contributed by atoms with Gasteiger partial charge in [0.1, 0.15) is 5.75 Å². The summed E-state index contributed by atoms with van der Waals surface area (Å²) in [4.78, 5) is 15.1. The van der Waals surface area contributed by atoms with E-state index in [1.165, 1.54) is 18.2 Å². The van der Waals surface area contributed by atoms with E-state index in [9.17, 15) is 9.90 Å². The highest BCUT2D eigenvalue weighted by atomic mass is 35.5. The maximum Gasteiger partial charge on any atom is 0.178 e. The van der Waals surface area contributed by atoms with Crippen LogP contribution in [0.5, 0.6) is 5.75 Å². The van der Waals surface area contributed by atoms with Crippen molar-refractivity contribution in [2.24, 2.45) is 4.99 Å².